The maximum atomic E-state index is 11.6. The largest absolute Gasteiger partial charge is 0.370 e. The molecule has 0 aromatic heterocycles. The predicted octanol–water partition coefficient (Wildman–Crippen LogP) is 1.48. The molecule has 0 aromatic carbocycles. The second kappa shape index (κ2) is 16.8. The van der Waals surface area contributed by atoms with Crippen molar-refractivity contribution < 1.29 is 4.79 Å². The first-order valence-corrected chi connectivity index (χ1v) is 8.16. The molecule has 0 heterocycles. The summed E-state index contributed by atoms with van der Waals surface area (Å²) in [5, 5.41) is 2.86. The van der Waals surface area contributed by atoms with Gasteiger partial charge in [0.15, 0.2) is 5.96 Å². The molecule has 0 saturated heterocycles. The zero-order valence-corrected chi connectivity index (χ0v) is 14.0. The number of hydrogen-bond donors (Lipinski definition) is 4. The molecule has 0 bridgehead atoms. The van der Waals surface area contributed by atoms with Crippen molar-refractivity contribution in [2.24, 2.45) is 22.2 Å². The third-order valence-electron chi connectivity index (χ3n) is 2.88. The Morgan fingerprint density at radius 1 is 1.10 bits per heavy atom. The van der Waals surface area contributed by atoms with E-state index in [1.807, 2.05) is 13.8 Å². The van der Waals surface area contributed by atoms with Gasteiger partial charge in [0, 0.05) is 13.1 Å². The van der Waals surface area contributed by atoms with Crippen LogP contribution >= 0.6 is 0 Å². The van der Waals surface area contributed by atoms with Gasteiger partial charge in [-0.1, -0.05) is 46.5 Å². The second-order valence-electron chi connectivity index (χ2n) is 4.76. The van der Waals surface area contributed by atoms with Gasteiger partial charge in [-0.3, -0.25) is 9.79 Å². The number of guanidine groups is 1. The van der Waals surface area contributed by atoms with Crippen LogP contribution in [0.2, 0.25) is 0 Å². The summed E-state index contributed by atoms with van der Waals surface area (Å²) in [7, 11) is 0. The van der Waals surface area contributed by atoms with Gasteiger partial charge in [0.05, 0.1) is 6.04 Å². The maximum absolute atomic E-state index is 11.6. The zero-order chi connectivity index (χ0) is 16.5. The molecule has 1 atom stereocenters. The first-order valence-electron chi connectivity index (χ1n) is 8.16. The molecule has 0 fully saturated rings. The Balaban J connectivity index is 0. The molecule has 126 valence electrons. The number of carbonyl (C=O) groups is 1. The molecule has 0 radical (unpaired) electrons. The van der Waals surface area contributed by atoms with Crippen LogP contribution < -0.4 is 22.5 Å². The van der Waals surface area contributed by atoms with Crippen LogP contribution in [0, 0.1) is 0 Å². The van der Waals surface area contributed by atoms with Gasteiger partial charge in [0.2, 0.25) is 5.91 Å². The number of carbonyl (C=O) groups excluding carboxylic acids is 1. The first-order chi connectivity index (χ1) is 10.1. The number of nitrogens with one attached hydrogen (secondary N) is 1. The number of aliphatic imine (C=N–C) groups is 1. The number of nitrogens with two attached hydrogens (primary N) is 3. The molecule has 0 spiro atoms. The van der Waals surface area contributed by atoms with E-state index in [0.717, 1.165) is 12.8 Å². The lowest BCUT2D eigenvalue weighted by molar-refractivity contribution is -0.122. The summed E-state index contributed by atoms with van der Waals surface area (Å²) < 4.78 is 0. The molecular formula is C15H35N5O. The van der Waals surface area contributed by atoms with Gasteiger partial charge < -0.3 is 22.5 Å². The van der Waals surface area contributed by atoms with Crippen molar-refractivity contribution in [2.75, 3.05) is 13.1 Å². The molecule has 0 aromatic rings. The second-order valence-corrected chi connectivity index (χ2v) is 4.76. The lowest BCUT2D eigenvalue weighted by atomic mass is 10.1. The molecular weight excluding hydrogens is 266 g/mol. The molecule has 7 N–H and O–H groups in total. The summed E-state index contributed by atoms with van der Waals surface area (Å²) in [6, 6.07) is -0.468. The Labute approximate surface area is 129 Å². The van der Waals surface area contributed by atoms with Crippen molar-refractivity contribution in [1.82, 2.24) is 5.32 Å². The average Bonchev–Trinajstić information content (AvgIpc) is 2.48. The van der Waals surface area contributed by atoms with Crippen LogP contribution in [0.3, 0.4) is 0 Å². The molecule has 21 heavy (non-hydrogen) atoms. The third-order valence-corrected chi connectivity index (χ3v) is 2.88. The van der Waals surface area contributed by atoms with Crippen LogP contribution in [0.25, 0.3) is 0 Å². The molecule has 6 heteroatoms. The summed E-state index contributed by atoms with van der Waals surface area (Å²) >= 11 is 0. The number of rotatable bonds is 11. The quantitative estimate of drug-likeness (QED) is 0.262. The van der Waals surface area contributed by atoms with Crippen LogP contribution in [-0.2, 0) is 4.79 Å². The number of hydrogen-bond acceptors (Lipinski definition) is 3. The maximum Gasteiger partial charge on any atom is 0.236 e. The van der Waals surface area contributed by atoms with E-state index in [9.17, 15) is 4.79 Å². The minimum atomic E-state index is -0.468. The van der Waals surface area contributed by atoms with Gasteiger partial charge in [0.25, 0.3) is 0 Å². The highest BCUT2D eigenvalue weighted by molar-refractivity contribution is 5.81. The van der Waals surface area contributed by atoms with Gasteiger partial charge >= 0.3 is 0 Å². The smallest absolute Gasteiger partial charge is 0.236 e. The minimum absolute atomic E-state index is 0.0742. The van der Waals surface area contributed by atoms with E-state index >= 15 is 0 Å². The van der Waals surface area contributed by atoms with Crippen molar-refractivity contribution in [3.63, 3.8) is 0 Å². The highest BCUT2D eigenvalue weighted by Crippen LogP contribution is 2.01. The van der Waals surface area contributed by atoms with Gasteiger partial charge in [-0.25, -0.2) is 0 Å². The van der Waals surface area contributed by atoms with Crippen molar-refractivity contribution in [1.29, 1.82) is 0 Å². The molecule has 0 rings (SSSR count). The predicted molar refractivity (Wildman–Crippen MR) is 91.0 cm³/mol. The van der Waals surface area contributed by atoms with Crippen molar-refractivity contribution in [3.05, 3.63) is 0 Å². The Kier molecular flexibility index (Phi) is 17.5. The van der Waals surface area contributed by atoms with E-state index in [0.29, 0.717) is 25.9 Å². The lowest BCUT2D eigenvalue weighted by Gasteiger charge is -2.11. The fraction of sp³-hybridized carbons (Fsp3) is 0.867. The van der Waals surface area contributed by atoms with Crippen molar-refractivity contribution in [2.45, 2.75) is 71.8 Å². The highest BCUT2D eigenvalue weighted by Gasteiger charge is 2.11. The first kappa shape index (κ1) is 22.0. The number of unbranched alkanes of at least 4 members (excludes halogenated alkanes) is 4. The molecule has 6 nitrogen and oxygen atoms in total. The summed E-state index contributed by atoms with van der Waals surface area (Å²) in [6.07, 6.45) is 7.21. The lowest BCUT2D eigenvalue weighted by Crippen LogP contribution is -2.41. The summed E-state index contributed by atoms with van der Waals surface area (Å²) in [5.41, 5.74) is 16.2. The van der Waals surface area contributed by atoms with E-state index < -0.39 is 6.04 Å². The highest BCUT2D eigenvalue weighted by atomic mass is 16.2. The van der Waals surface area contributed by atoms with Crippen LogP contribution in [0.1, 0.15) is 65.7 Å². The van der Waals surface area contributed by atoms with E-state index in [-0.39, 0.29) is 11.9 Å². The van der Waals surface area contributed by atoms with Gasteiger partial charge in [-0.05, 0) is 19.3 Å². The molecule has 0 aliphatic rings. The molecule has 1 unspecified atom stereocenters. The molecule has 1 amide bonds. The van der Waals surface area contributed by atoms with Crippen LogP contribution in [0.15, 0.2) is 4.99 Å². The molecule has 0 aliphatic heterocycles. The Hall–Kier alpha value is -1.30. The number of amides is 1. The number of nitrogens with zero attached hydrogens (tertiary/aromatic N) is 1. The SMILES string of the molecule is CC.CCCCCCCNC(=O)C(N)CCCN=C(N)N. The molecule has 0 aliphatic carbocycles. The Bertz CT molecular complexity index is 265. The minimum Gasteiger partial charge on any atom is -0.370 e. The molecule has 0 saturated carbocycles. The van der Waals surface area contributed by atoms with Gasteiger partial charge in [0.1, 0.15) is 0 Å². The average molecular weight is 301 g/mol. The Morgan fingerprint density at radius 2 is 1.71 bits per heavy atom. The van der Waals surface area contributed by atoms with Crippen LogP contribution in [0.5, 0.6) is 0 Å². The normalized spacial score (nSPS) is 11.0. The fourth-order valence-corrected chi connectivity index (χ4v) is 1.72. The fourth-order valence-electron chi connectivity index (χ4n) is 1.72. The van der Waals surface area contributed by atoms with E-state index in [4.69, 9.17) is 17.2 Å². The topological polar surface area (TPSA) is 120 Å². The summed E-state index contributed by atoms with van der Waals surface area (Å²) in [6.45, 7) is 7.41. The van der Waals surface area contributed by atoms with Crippen molar-refractivity contribution >= 4 is 11.9 Å². The summed E-state index contributed by atoms with van der Waals surface area (Å²) in [5.74, 6) is -0.00899. The van der Waals surface area contributed by atoms with Gasteiger partial charge in [-0.2, -0.15) is 0 Å². The standard InChI is InChI=1S/C13H29N5O.C2H6/c1-2-3-4-5-6-9-17-12(19)11(14)8-7-10-18-13(15)16;1-2/h11H,2-10,14H2,1H3,(H,17,19)(H4,15,16,18);1-2H3. The third kappa shape index (κ3) is 16.6. The van der Waals surface area contributed by atoms with E-state index in [1.54, 1.807) is 0 Å². The van der Waals surface area contributed by atoms with Crippen molar-refractivity contribution in [3.8, 4) is 0 Å². The van der Waals surface area contributed by atoms with Crippen LogP contribution in [-0.4, -0.2) is 31.0 Å². The monoisotopic (exact) mass is 301 g/mol. The van der Waals surface area contributed by atoms with E-state index in [2.05, 4.69) is 17.2 Å². The summed E-state index contributed by atoms with van der Waals surface area (Å²) in [4.78, 5) is 15.5. The van der Waals surface area contributed by atoms with E-state index in [1.165, 1.54) is 19.3 Å². The zero-order valence-electron chi connectivity index (χ0n) is 14.0. The van der Waals surface area contributed by atoms with Crippen LogP contribution in [0.4, 0.5) is 0 Å². The van der Waals surface area contributed by atoms with Gasteiger partial charge in [-0.15, -0.1) is 0 Å². The Morgan fingerprint density at radius 3 is 2.29 bits per heavy atom.